The molecule has 4 heteroatoms. The molecule has 21 heavy (non-hydrogen) atoms. The summed E-state index contributed by atoms with van der Waals surface area (Å²) in [5, 5.41) is 6.67. The van der Waals surface area contributed by atoms with Crippen molar-refractivity contribution in [1.82, 2.24) is 5.32 Å². The fourth-order valence-corrected chi connectivity index (χ4v) is 2.28. The van der Waals surface area contributed by atoms with E-state index >= 15 is 0 Å². The molecular weight excluding hydrogens is 284 g/mol. The first kappa shape index (κ1) is 15.4. The van der Waals surface area contributed by atoms with Crippen LogP contribution in [0.3, 0.4) is 0 Å². The van der Waals surface area contributed by atoms with Crippen LogP contribution in [0, 0.1) is 0 Å². The normalized spacial score (nSPS) is 10.2. The van der Waals surface area contributed by atoms with Crippen LogP contribution in [0.1, 0.15) is 22.8 Å². The summed E-state index contributed by atoms with van der Waals surface area (Å²) in [5.74, 6) is -0.107. The Hall–Kier alpha value is -2.00. The van der Waals surface area contributed by atoms with E-state index in [1.807, 2.05) is 31.2 Å². The van der Waals surface area contributed by atoms with Crippen molar-refractivity contribution in [3.63, 3.8) is 0 Å². The van der Waals surface area contributed by atoms with Gasteiger partial charge in [0.25, 0.3) is 5.91 Å². The highest BCUT2D eigenvalue weighted by Crippen LogP contribution is 2.20. The molecule has 1 amide bonds. The van der Waals surface area contributed by atoms with Crippen molar-refractivity contribution in [2.75, 3.05) is 18.4 Å². The molecule has 0 spiro atoms. The first-order valence-corrected chi connectivity index (χ1v) is 7.44. The van der Waals surface area contributed by atoms with Gasteiger partial charge in [-0.25, -0.2) is 0 Å². The maximum absolute atomic E-state index is 12.3. The van der Waals surface area contributed by atoms with E-state index in [-0.39, 0.29) is 5.91 Å². The Bertz CT molecular complexity index is 599. The van der Waals surface area contributed by atoms with Crippen LogP contribution in [-0.4, -0.2) is 19.0 Å². The van der Waals surface area contributed by atoms with E-state index in [0.717, 1.165) is 18.7 Å². The molecule has 0 aliphatic heterocycles. The largest absolute Gasteiger partial charge is 0.385 e. The van der Waals surface area contributed by atoms with Crippen LogP contribution < -0.4 is 10.6 Å². The van der Waals surface area contributed by atoms with Gasteiger partial charge in [0.15, 0.2) is 0 Å². The summed E-state index contributed by atoms with van der Waals surface area (Å²) in [6, 6.07) is 15.4. The topological polar surface area (TPSA) is 41.1 Å². The van der Waals surface area contributed by atoms with Crippen molar-refractivity contribution in [3.8, 4) is 0 Å². The van der Waals surface area contributed by atoms with E-state index in [4.69, 9.17) is 11.6 Å². The van der Waals surface area contributed by atoms with Crippen molar-refractivity contribution in [1.29, 1.82) is 0 Å². The summed E-state index contributed by atoms with van der Waals surface area (Å²) < 4.78 is 0. The zero-order valence-electron chi connectivity index (χ0n) is 12.0. The minimum absolute atomic E-state index is 0.107. The highest BCUT2D eigenvalue weighted by molar-refractivity contribution is 6.31. The van der Waals surface area contributed by atoms with Crippen LogP contribution in [0.25, 0.3) is 0 Å². The Morgan fingerprint density at radius 2 is 1.90 bits per heavy atom. The van der Waals surface area contributed by atoms with Crippen LogP contribution >= 0.6 is 11.6 Å². The molecule has 2 aromatic rings. The minimum atomic E-state index is -0.107. The molecule has 0 radical (unpaired) electrons. The zero-order valence-corrected chi connectivity index (χ0v) is 12.8. The van der Waals surface area contributed by atoms with E-state index in [0.29, 0.717) is 17.1 Å². The summed E-state index contributed by atoms with van der Waals surface area (Å²) in [4.78, 5) is 12.3. The van der Waals surface area contributed by atoms with Gasteiger partial charge in [0, 0.05) is 23.8 Å². The molecule has 0 atom stereocenters. The van der Waals surface area contributed by atoms with Gasteiger partial charge in [-0.15, -0.1) is 0 Å². The van der Waals surface area contributed by atoms with Gasteiger partial charge >= 0.3 is 0 Å². The molecule has 0 unspecified atom stereocenters. The number of halogens is 1. The molecule has 0 heterocycles. The van der Waals surface area contributed by atoms with Crippen molar-refractivity contribution in [2.24, 2.45) is 0 Å². The molecule has 0 saturated carbocycles. The second-order valence-electron chi connectivity index (χ2n) is 4.71. The molecule has 0 fully saturated rings. The number of amides is 1. The number of hydrogen-bond donors (Lipinski definition) is 2. The highest BCUT2D eigenvalue weighted by Gasteiger charge is 2.11. The van der Waals surface area contributed by atoms with Gasteiger partial charge in [-0.2, -0.15) is 0 Å². The van der Waals surface area contributed by atoms with Crippen LogP contribution in [0.5, 0.6) is 0 Å². The van der Waals surface area contributed by atoms with Crippen LogP contribution in [0.2, 0.25) is 5.02 Å². The SMILES string of the molecule is CCNc1ccc(Cl)cc1C(=O)NCCc1ccccc1. The third-order valence-corrected chi connectivity index (χ3v) is 3.37. The van der Waals surface area contributed by atoms with Gasteiger partial charge < -0.3 is 10.6 Å². The molecular formula is C17H19ClN2O. The standard InChI is InChI=1S/C17H19ClN2O/c1-2-19-16-9-8-14(18)12-15(16)17(21)20-11-10-13-6-4-3-5-7-13/h3-9,12,19H,2,10-11H2,1H3,(H,20,21). The van der Waals surface area contributed by atoms with Crippen LogP contribution in [0.4, 0.5) is 5.69 Å². The lowest BCUT2D eigenvalue weighted by molar-refractivity contribution is 0.0955. The van der Waals surface area contributed by atoms with Crippen molar-refractivity contribution in [3.05, 3.63) is 64.7 Å². The third kappa shape index (κ3) is 4.50. The van der Waals surface area contributed by atoms with Gasteiger partial charge in [0.1, 0.15) is 0 Å². The van der Waals surface area contributed by atoms with Crippen molar-refractivity contribution < 1.29 is 4.79 Å². The molecule has 110 valence electrons. The quantitative estimate of drug-likeness (QED) is 0.853. The molecule has 0 aromatic heterocycles. The van der Waals surface area contributed by atoms with E-state index in [1.165, 1.54) is 5.56 Å². The van der Waals surface area contributed by atoms with E-state index in [9.17, 15) is 4.79 Å². The second kappa shape index (κ2) is 7.70. The molecule has 0 aliphatic rings. The fourth-order valence-electron chi connectivity index (χ4n) is 2.11. The van der Waals surface area contributed by atoms with E-state index < -0.39 is 0 Å². The Labute approximate surface area is 130 Å². The summed E-state index contributed by atoms with van der Waals surface area (Å²) in [6.07, 6.45) is 0.809. The number of hydrogen-bond acceptors (Lipinski definition) is 2. The predicted molar refractivity (Wildman–Crippen MR) is 88.1 cm³/mol. The number of benzene rings is 2. The molecule has 3 nitrogen and oxygen atoms in total. The second-order valence-corrected chi connectivity index (χ2v) is 5.15. The molecule has 0 bridgehead atoms. The molecule has 0 saturated heterocycles. The Balaban J connectivity index is 1.98. The average Bonchev–Trinajstić information content (AvgIpc) is 2.50. The lowest BCUT2D eigenvalue weighted by Gasteiger charge is -2.11. The molecule has 2 aromatic carbocycles. The Kier molecular flexibility index (Phi) is 5.64. The van der Waals surface area contributed by atoms with Gasteiger partial charge in [0.2, 0.25) is 0 Å². The lowest BCUT2D eigenvalue weighted by atomic mass is 10.1. The molecule has 0 aliphatic carbocycles. The maximum Gasteiger partial charge on any atom is 0.253 e. The van der Waals surface area contributed by atoms with Crippen molar-refractivity contribution >= 4 is 23.2 Å². The van der Waals surface area contributed by atoms with Gasteiger partial charge in [-0.3, -0.25) is 4.79 Å². The summed E-state index contributed by atoms with van der Waals surface area (Å²) in [5.41, 5.74) is 2.59. The fraction of sp³-hybridized carbons (Fsp3) is 0.235. The molecule has 2 N–H and O–H groups in total. The molecule has 2 rings (SSSR count). The van der Waals surface area contributed by atoms with Crippen molar-refractivity contribution in [2.45, 2.75) is 13.3 Å². The first-order chi connectivity index (χ1) is 10.2. The first-order valence-electron chi connectivity index (χ1n) is 7.06. The van der Waals surface area contributed by atoms with Gasteiger partial charge in [-0.1, -0.05) is 41.9 Å². The maximum atomic E-state index is 12.3. The number of rotatable bonds is 6. The third-order valence-electron chi connectivity index (χ3n) is 3.14. The number of carbonyl (C=O) groups is 1. The summed E-state index contributed by atoms with van der Waals surface area (Å²) >= 11 is 5.98. The van der Waals surface area contributed by atoms with Gasteiger partial charge in [0.05, 0.1) is 5.56 Å². The smallest absolute Gasteiger partial charge is 0.253 e. The average molecular weight is 303 g/mol. The Morgan fingerprint density at radius 1 is 1.14 bits per heavy atom. The lowest BCUT2D eigenvalue weighted by Crippen LogP contribution is -2.26. The summed E-state index contributed by atoms with van der Waals surface area (Å²) in [6.45, 7) is 3.35. The van der Waals surface area contributed by atoms with E-state index in [2.05, 4.69) is 22.8 Å². The predicted octanol–water partition coefficient (Wildman–Crippen LogP) is 3.74. The number of anilines is 1. The van der Waals surface area contributed by atoms with Crippen LogP contribution in [-0.2, 0) is 6.42 Å². The van der Waals surface area contributed by atoms with Crippen LogP contribution in [0.15, 0.2) is 48.5 Å². The monoisotopic (exact) mass is 302 g/mol. The Morgan fingerprint density at radius 3 is 2.62 bits per heavy atom. The number of carbonyl (C=O) groups excluding carboxylic acids is 1. The zero-order chi connectivity index (χ0) is 15.1. The number of nitrogens with one attached hydrogen (secondary N) is 2. The van der Waals surface area contributed by atoms with Gasteiger partial charge in [-0.05, 0) is 37.1 Å². The minimum Gasteiger partial charge on any atom is -0.385 e. The highest BCUT2D eigenvalue weighted by atomic mass is 35.5. The van der Waals surface area contributed by atoms with E-state index in [1.54, 1.807) is 12.1 Å². The summed E-state index contributed by atoms with van der Waals surface area (Å²) in [7, 11) is 0.